The van der Waals surface area contributed by atoms with E-state index in [2.05, 4.69) is 45.2 Å². The Balaban J connectivity index is 1.42. The summed E-state index contributed by atoms with van der Waals surface area (Å²) < 4.78 is 3.52. The first-order valence-corrected chi connectivity index (χ1v) is 9.85. The fourth-order valence-electron chi connectivity index (χ4n) is 3.76. The standard InChI is InChI=1S/C20H27N7O/c1-14(2)27-18-16(12-24-27)9-15(11-23-18)10-22-17-5-4-7-26(13-17)19-20(28)25(3)8-6-21-19/h6,8-9,11-12,14,17,22H,4-5,7,10,13H2,1-3H3/t17-/m1/s1. The van der Waals surface area contributed by atoms with Gasteiger partial charge in [-0.2, -0.15) is 5.10 Å². The molecule has 28 heavy (non-hydrogen) atoms. The third kappa shape index (κ3) is 3.64. The van der Waals surface area contributed by atoms with E-state index in [1.54, 1.807) is 24.0 Å². The van der Waals surface area contributed by atoms with Crippen LogP contribution in [0.3, 0.4) is 0 Å². The first-order valence-electron chi connectivity index (χ1n) is 9.85. The predicted octanol–water partition coefficient (Wildman–Crippen LogP) is 1.86. The molecule has 0 aromatic carbocycles. The molecule has 1 atom stereocenters. The van der Waals surface area contributed by atoms with Crippen LogP contribution in [-0.2, 0) is 13.6 Å². The minimum atomic E-state index is -0.0417. The van der Waals surface area contributed by atoms with Gasteiger partial charge in [0.15, 0.2) is 11.5 Å². The third-order valence-corrected chi connectivity index (χ3v) is 5.29. The normalized spacial score (nSPS) is 17.6. The Morgan fingerprint density at radius 1 is 1.29 bits per heavy atom. The first-order chi connectivity index (χ1) is 13.5. The van der Waals surface area contributed by atoms with Crippen LogP contribution in [0.5, 0.6) is 0 Å². The predicted molar refractivity (Wildman–Crippen MR) is 109 cm³/mol. The maximum atomic E-state index is 12.4. The molecule has 1 aliphatic rings. The second-order valence-electron chi connectivity index (χ2n) is 7.77. The van der Waals surface area contributed by atoms with Crippen molar-refractivity contribution in [1.29, 1.82) is 0 Å². The number of anilines is 1. The van der Waals surface area contributed by atoms with Gasteiger partial charge >= 0.3 is 0 Å². The Labute approximate surface area is 164 Å². The summed E-state index contributed by atoms with van der Waals surface area (Å²) in [5.74, 6) is 0.542. The Hall–Kier alpha value is -2.74. The molecule has 4 rings (SSSR count). The lowest BCUT2D eigenvalue weighted by atomic mass is 10.1. The van der Waals surface area contributed by atoms with Gasteiger partial charge in [0.25, 0.3) is 5.56 Å². The van der Waals surface area contributed by atoms with Crippen LogP contribution in [0.1, 0.15) is 38.3 Å². The van der Waals surface area contributed by atoms with Gasteiger partial charge < -0.3 is 14.8 Å². The fourth-order valence-corrected chi connectivity index (χ4v) is 3.76. The van der Waals surface area contributed by atoms with E-state index in [1.165, 1.54) is 0 Å². The average molecular weight is 381 g/mol. The molecule has 148 valence electrons. The smallest absolute Gasteiger partial charge is 0.293 e. The first kappa shape index (κ1) is 18.6. The monoisotopic (exact) mass is 381 g/mol. The summed E-state index contributed by atoms with van der Waals surface area (Å²) in [6, 6.07) is 2.76. The molecule has 0 saturated carbocycles. The minimum Gasteiger partial charge on any atom is -0.350 e. The molecule has 8 nitrogen and oxygen atoms in total. The highest BCUT2D eigenvalue weighted by atomic mass is 16.1. The molecule has 0 unspecified atom stereocenters. The van der Waals surface area contributed by atoms with E-state index in [4.69, 9.17) is 0 Å². The van der Waals surface area contributed by atoms with Gasteiger partial charge in [-0.25, -0.2) is 14.6 Å². The zero-order chi connectivity index (χ0) is 19.7. The van der Waals surface area contributed by atoms with E-state index in [9.17, 15) is 4.79 Å². The summed E-state index contributed by atoms with van der Waals surface area (Å²) in [5.41, 5.74) is 2.02. The summed E-state index contributed by atoms with van der Waals surface area (Å²) >= 11 is 0. The summed E-state index contributed by atoms with van der Waals surface area (Å²) in [6.45, 7) is 6.61. The minimum absolute atomic E-state index is 0.0417. The van der Waals surface area contributed by atoms with Crippen LogP contribution in [0.2, 0.25) is 0 Å². The van der Waals surface area contributed by atoms with Crippen molar-refractivity contribution in [3.05, 3.63) is 46.8 Å². The van der Waals surface area contributed by atoms with E-state index in [0.717, 1.165) is 49.1 Å². The van der Waals surface area contributed by atoms with Crippen molar-refractivity contribution >= 4 is 16.9 Å². The number of rotatable bonds is 5. The van der Waals surface area contributed by atoms with Crippen molar-refractivity contribution in [3.63, 3.8) is 0 Å². The van der Waals surface area contributed by atoms with Gasteiger partial charge in [-0.05, 0) is 38.3 Å². The van der Waals surface area contributed by atoms with Crippen LogP contribution in [0.4, 0.5) is 5.82 Å². The molecule has 0 bridgehead atoms. The van der Waals surface area contributed by atoms with Gasteiger partial charge in [0.2, 0.25) is 0 Å². The maximum Gasteiger partial charge on any atom is 0.293 e. The van der Waals surface area contributed by atoms with Gasteiger partial charge in [-0.1, -0.05) is 0 Å². The van der Waals surface area contributed by atoms with Gasteiger partial charge in [0.05, 0.1) is 6.20 Å². The lowest BCUT2D eigenvalue weighted by Gasteiger charge is -2.33. The largest absolute Gasteiger partial charge is 0.350 e. The zero-order valence-electron chi connectivity index (χ0n) is 16.7. The molecule has 3 aromatic rings. The molecule has 1 saturated heterocycles. The number of nitrogens with zero attached hydrogens (tertiary/aromatic N) is 6. The second-order valence-corrected chi connectivity index (χ2v) is 7.77. The molecule has 0 spiro atoms. The molecule has 4 heterocycles. The van der Waals surface area contributed by atoms with Crippen LogP contribution < -0.4 is 15.8 Å². The van der Waals surface area contributed by atoms with Crippen molar-refractivity contribution in [2.45, 2.75) is 45.3 Å². The number of fused-ring (bicyclic) bond motifs is 1. The molecule has 0 amide bonds. The molecule has 1 aliphatic heterocycles. The summed E-state index contributed by atoms with van der Waals surface area (Å²) in [5, 5.41) is 9.12. The van der Waals surface area contributed by atoms with E-state index >= 15 is 0 Å². The van der Waals surface area contributed by atoms with Gasteiger partial charge in [0, 0.05) is 62.7 Å². The van der Waals surface area contributed by atoms with Gasteiger partial charge in [0.1, 0.15) is 0 Å². The molecule has 0 radical (unpaired) electrons. The highest BCUT2D eigenvalue weighted by Gasteiger charge is 2.22. The summed E-state index contributed by atoms with van der Waals surface area (Å²) in [6.07, 6.45) is 9.30. The Bertz CT molecular complexity index is 1020. The Morgan fingerprint density at radius 2 is 2.14 bits per heavy atom. The Morgan fingerprint density at radius 3 is 2.96 bits per heavy atom. The number of aromatic nitrogens is 5. The molecule has 8 heteroatoms. The van der Waals surface area contributed by atoms with Gasteiger partial charge in [-0.15, -0.1) is 0 Å². The van der Waals surface area contributed by atoms with Crippen LogP contribution in [0.25, 0.3) is 11.0 Å². The Kier molecular flexibility index (Phi) is 5.13. The number of pyridine rings is 1. The number of hydrogen-bond acceptors (Lipinski definition) is 6. The molecule has 0 aliphatic carbocycles. The number of aryl methyl sites for hydroxylation is 1. The number of piperidine rings is 1. The molecule has 1 N–H and O–H groups in total. The van der Waals surface area contributed by atoms with E-state index in [0.29, 0.717) is 17.9 Å². The zero-order valence-corrected chi connectivity index (χ0v) is 16.7. The van der Waals surface area contributed by atoms with E-state index in [1.807, 2.05) is 17.1 Å². The van der Waals surface area contributed by atoms with E-state index in [-0.39, 0.29) is 5.56 Å². The number of nitrogens with one attached hydrogen (secondary N) is 1. The van der Waals surface area contributed by atoms with Gasteiger partial charge in [-0.3, -0.25) is 4.79 Å². The van der Waals surface area contributed by atoms with Crippen LogP contribution in [0.15, 0.2) is 35.6 Å². The lowest BCUT2D eigenvalue weighted by molar-refractivity contribution is 0.419. The summed E-state index contributed by atoms with van der Waals surface area (Å²) in [4.78, 5) is 23.4. The third-order valence-electron chi connectivity index (χ3n) is 5.29. The number of hydrogen-bond donors (Lipinski definition) is 1. The molecular weight excluding hydrogens is 354 g/mol. The second kappa shape index (κ2) is 7.71. The van der Waals surface area contributed by atoms with Crippen molar-refractivity contribution in [1.82, 2.24) is 29.6 Å². The van der Waals surface area contributed by atoms with Crippen LogP contribution in [-0.4, -0.2) is 43.4 Å². The quantitative estimate of drug-likeness (QED) is 0.727. The summed E-state index contributed by atoms with van der Waals surface area (Å²) in [7, 11) is 1.76. The SMILES string of the molecule is CC(C)n1ncc2cc(CN[C@@H]3CCCN(c4nccn(C)c4=O)C3)cnc21. The van der Waals surface area contributed by atoms with E-state index < -0.39 is 0 Å². The van der Waals surface area contributed by atoms with Crippen LogP contribution in [0, 0.1) is 0 Å². The molecule has 1 fully saturated rings. The lowest BCUT2D eigenvalue weighted by Crippen LogP contribution is -2.47. The van der Waals surface area contributed by atoms with Crippen molar-refractivity contribution < 1.29 is 0 Å². The molecule has 3 aromatic heterocycles. The van der Waals surface area contributed by atoms with Crippen LogP contribution >= 0.6 is 0 Å². The average Bonchev–Trinajstić information content (AvgIpc) is 3.12. The van der Waals surface area contributed by atoms with Crippen molar-refractivity contribution in [2.75, 3.05) is 18.0 Å². The topological polar surface area (TPSA) is 80.9 Å². The van der Waals surface area contributed by atoms with Crippen molar-refractivity contribution in [3.8, 4) is 0 Å². The highest BCUT2D eigenvalue weighted by Crippen LogP contribution is 2.18. The fraction of sp³-hybridized carbons (Fsp3) is 0.500. The highest BCUT2D eigenvalue weighted by molar-refractivity contribution is 5.75. The maximum absolute atomic E-state index is 12.4. The molecular formula is C20H27N7O. The van der Waals surface area contributed by atoms with Crippen molar-refractivity contribution in [2.24, 2.45) is 7.05 Å².